The van der Waals surface area contributed by atoms with Crippen LogP contribution < -0.4 is 9.79 Å². The van der Waals surface area contributed by atoms with Gasteiger partial charge in [-0.2, -0.15) is 0 Å². The first-order valence-corrected chi connectivity index (χ1v) is 16.1. The van der Waals surface area contributed by atoms with E-state index in [0.717, 1.165) is 0 Å². The Morgan fingerprint density at radius 2 is 0.657 bits per heavy atom. The predicted molar refractivity (Wildman–Crippen MR) is 150 cm³/mol. The number of quaternary nitrogens is 2. The van der Waals surface area contributed by atoms with E-state index in [1.165, 1.54) is 138 Å². The smallest absolute Gasteiger partial charge is 0.0782 e. The van der Waals surface area contributed by atoms with Crippen LogP contribution in [0.15, 0.2) is 0 Å². The minimum absolute atomic E-state index is 1.23. The molecule has 0 aliphatic heterocycles. The van der Waals surface area contributed by atoms with Crippen LogP contribution in [-0.2, 0) is 4.57 Å². The molecule has 0 fully saturated rings. The molecule has 0 atom stereocenters. The van der Waals surface area contributed by atoms with Crippen molar-refractivity contribution in [3.63, 3.8) is 0 Å². The van der Waals surface area contributed by atoms with Crippen molar-refractivity contribution in [1.29, 1.82) is 0 Å². The SMILES string of the molecule is CCCCCC[N+](C)(C)CCCCCC.CCCCCC[N+](C)(C)CCCCCC.O=P([O-])([O-])O. The third kappa shape index (κ3) is 44.4. The van der Waals surface area contributed by atoms with Crippen molar-refractivity contribution in [2.45, 2.75) is 130 Å². The van der Waals surface area contributed by atoms with Gasteiger partial charge in [-0.15, -0.1) is 0 Å². The summed E-state index contributed by atoms with van der Waals surface area (Å²) in [7, 11) is 4.41. The molecular weight excluding hydrogens is 459 g/mol. The van der Waals surface area contributed by atoms with Crippen molar-refractivity contribution in [3.05, 3.63) is 0 Å². The highest BCUT2D eigenvalue weighted by Crippen LogP contribution is 2.12. The van der Waals surface area contributed by atoms with Gasteiger partial charge in [0, 0.05) is 0 Å². The molecule has 0 aromatic rings. The fraction of sp³-hybridized carbons (Fsp3) is 1.00. The van der Waals surface area contributed by atoms with Crippen molar-refractivity contribution in [2.24, 2.45) is 0 Å². The molecule has 0 aromatic heterocycles. The van der Waals surface area contributed by atoms with E-state index < -0.39 is 7.82 Å². The zero-order valence-electron chi connectivity index (χ0n) is 25.2. The first kappa shape index (κ1) is 39.5. The van der Waals surface area contributed by atoms with Gasteiger partial charge in [0.1, 0.15) is 0 Å². The molecule has 0 radical (unpaired) electrons. The molecule has 0 unspecified atom stereocenters. The lowest BCUT2D eigenvalue weighted by Crippen LogP contribution is -2.41. The van der Waals surface area contributed by atoms with Crippen LogP contribution in [0.3, 0.4) is 0 Å². The normalized spacial score (nSPS) is 12.0. The fourth-order valence-corrected chi connectivity index (χ4v) is 4.09. The highest BCUT2D eigenvalue weighted by Gasteiger charge is 2.14. The second-order valence-electron chi connectivity index (χ2n) is 11.5. The molecule has 0 aliphatic rings. The summed E-state index contributed by atoms with van der Waals surface area (Å²) in [6, 6.07) is 0. The van der Waals surface area contributed by atoms with Gasteiger partial charge in [0.2, 0.25) is 0 Å². The van der Waals surface area contributed by atoms with Crippen LogP contribution in [0.1, 0.15) is 130 Å². The second kappa shape index (κ2) is 25.7. The van der Waals surface area contributed by atoms with Gasteiger partial charge in [0.15, 0.2) is 0 Å². The highest BCUT2D eigenvalue weighted by molar-refractivity contribution is 7.42. The number of hydrogen-bond donors (Lipinski definition) is 1. The first-order valence-electron chi connectivity index (χ1n) is 14.6. The third-order valence-corrected chi connectivity index (χ3v) is 6.47. The summed E-state index contributed by atoms with van der Waals surface area (Å²) in [6.45, 7) is 14.6. The fourth-order valence-electron chi connectivity index (χ4n) is 4.09. The number of rotatable bonds is 20. The second-order valence-corrected chi connectivity index (χ2v) is 12.4. The molecule has 0 rings (SSSR count). The maximum absolute atomic E-state index is 8.66. The summed E-state index contributed by atoms with van der Waals surface area (Å²) in [5.41, 5.74) is 0. The van der Waals surface area contributed by atoms with E-state index in [1.54, 1.807) is 0 Å². The molecule has 0 bridgehead atoms. The molecule has 7 heteroatoms. The van der Waals surface area contributed by atoms with Gasteiger partial charge in [0.25, 0.3) is 0 Å². The van der Waals surface area contributed by atoms with Crippen molar-refractivity contribution >= 4 is 7.82 Å². The van der Waals surface area contributed by atoms with Crippen molar-refractivity contribution < 1.29 is 28.2 Å². The van der Waals surface area contributed by atoms with E-state index in [9.17, 15) is 0 Å². The number of phosphoric acid groups is 1. The van der Waals surface area contributed by atoms with Crippen molar-refractivity contribution in [1.82, 2.24) is 0 Å². The van der Waals surface area contributed by atoms with Gasteiger partial charge >= 0.3 is 0 Å². The molecule has 0 amide bonds. The Labute approximate surface area is 220 Å². The van der Waals surface area contributed by atoms with Gasteiger partial charge < -0.3 is 28.2 Å². The van der Waals surface area contributed by atoms with E-state index in [0.29, 0.717) is 0 Å². The van der Waals surface area contributed by atoms with Gasteiger partial charge in [-0.3, -0.25) is 0 Å². The van der Waals surface area contributed by atoms with Crippen LogP contribution in [0.5, 0.6) is 0 Å². The zero-order chi connectivity index (χ0) is 27.6. The topological polar surface area (TPSA) is 83.4 Å². The van der Waals surface area contributed by atoms with Crippen LogP contribution in [-0.4, -0.2) is 68.2 Å². The van der Waals surface area contributed by atoms with E-state index in [4.69, 9.17) is 19.2 Å². The van der Waals surface area contributed by atoms with Gasteiger partial charge in [-0.05, 0) is 51.4 Å². The monoisotopic (exact) mass is 524 g/mol. The molecule has 0 aliphatic carbocycles. The third-order valence-electron chi connectivity index (χ3n) is 6.47. The Morgan fingerprint density at radius 1 is 0.486 bits per heavy atom. The van der Waals surface area contributed by atoms with Gasteiger partial charge in [-0.25, -0.2) is 0 Å². The largest absolute Gasteiger partial charge is 0.790 e. The van der Waals surface area contributed by atoms with E-state index in [-0.39, 0.29) is 0 Å². The van der Waals surface area contributed by atoms with E-state index in [2.05, 4.69) is 55.9 Å². The average Bonchev–Trinajstić information content (AvgIpc) is 2.74. The zero-order valence-corrected chi connectivity index (χ0v) is 26.1. The van der Waals surface area contributed by atoms with Crippen molar-refractivity contribution in [3.8, 4) is 0 Å². The predicted octanol–water partition coefficient (Wildman–Crippen LogP) is 6.25. The van der Waals surface area contributed by atoms with Crippen LogP contribution >= 0.6 is 7.82 Å². The quantitative estimate of drug-likeness (QED) is 0.116. The lowest BCUT2D eigenvalue weighted by atomic mass is 10.1. The Hall–Kier alpha value is 0.0300. The molecule has 0 saturated heterocycles. The Bertz CT molecular complexity index is 400. The molecular formula is C28H65N2O4P. The summed E-state index contributed by atoms with van der Waals surface area (Å²) in [6.07, 6.45) is 22.4. The molecule has 0 spiro atoms. The summed E-state index contributed by atoms with van der Waals surface area (Å²) in [4.78, 5) is 24.3. The number of hydrogen-bond acceptors (Lipinski definition) is 3. The lowest BCUT2D eigenvalue weighted by molar-refractivity contribution is -0.890. The summed E-state index contributed by atoms with van der Waals surface area (Å²) >= 11 is 0. The van der Waals surface area contributed by atoms with E-state index >= 15 is 0 Å². The first-order chi connectivity index (χ1) is 16.2. The highest BCUT2D eigenvalue weighted by atomic mass is 31.2. The summed E-state index contributed by atoms with van der Waals surface area (Å²) in [5.74, 6) is 0. The maximum atomic E-state index is 8.66. The summed E-state index contributed by atoms with van der Waals surface area (Å²) < 4.78 is 11.1. The standard InChI is InChI=1S/2C14H32N.H3O4P/c2*1-5-7-9-11-13-15(3,4)14-12-10-8-6-2;1-5(2,3)4/h2*5-14H2,1-4H3;(H3,1,2,3,4)/q2*+1;/p-2. The average molecular weight is 525 g/mol. The molecule has 1 N–H and O–H groups in total. The Balaban J connectivity index is -0.000000491. The minimum atomic E-state index is -5.14. The molecule has 0 aromatic carbocycles. The lowest BCUT2D eigenvalue weighted by Gasteiger charge is -2.30. The summed E-state index contributed by atoms with van der Waals surface area (Å²) in [5, 5.41) is 0. The molecule has 0 heterocycles. The number of unbranched alkanes of at least 4 members (excludes halogenated alkanes) is 12. The van der Waals surface area contributed by atoms with Gasteiger partial charge in [-0.1, -0.05) is 79.1 Å². The minimum Gasteiger partial charge on any atom is -0.790 e. The Kier molecular flexibility index (Phi) is 29.0. The molecule has 6 nitrogen and oxygen atoms in total. The molecule has 216 valence electrons. The number of nitrogens with zero attached hydrogens (tertiary/aromatic N) is 2. The maximum Gasteiger partial charge on any atom is 0.0782 e. The van der Waals surface area contributed by atoms with E-state index in [1.807, 2.05) is 0 Å². The van der Waals surface area contributed by atoms with Crippen LogP contribution in [0.25, 0.3) is 0 Å². The molecule has 0 saturated carbocycles. The van der Waals surface area contributed by atoms with Gasteiger partial charge in [0.05, 0.1) is 62.2 Å². The van der Waals surface area contributed by atoms with Crippen LogP contribution in [0, 0.1) is 0 Å². The van der Waals surface area contributed by atoms with Crippen LogP contribution in [0.2, 0.25) is 0 Å². The van der Waals surface area contributed by atoms with Crippen molar-refractivity contribution in [2.75, 3.05) is 54.4 Å². The molecule has 35 heavy (non-hydrogen) atoms. The Morgan fingerprint density at radius 3 is 0.800 bits per heavy atom. The van der Waals surface area contributed by atoms with Crippen LogP contribution in [0.4, 0.5) is 0 Å².